The fourth-order valence-corrected chi connectivity index (χ4v) is 8.18. The predicted octanol–water partition coefficient (Wildman–Crippen LogP) is 11.7. The van der Waals surface area contributed by atoms with Gasteiger partial charge in [-0.2, -0.15) is 8.42 Å². The molecule has 4 aromatic carbocycles. The summed E-state index contributed by atoms with van der Waals surface area (Å²) in [6.07, 6.45) is 22.1. The molecule has 0 atom stereocenters. The van der Waals surface area contributed by atoms with Crippen molar-refractivity contribution in [3.8, 4) is 34.5 Å². The van der Waals surface area contributed by atoms with Crippen LogP contribution < -0.4 is 14.6 Å². The molecule has 0 aliphatic heterocycles. The molecule has 0 aliphatic rings. The van der Waals surface area contributed by atoms with Gasteiger partial charge in [0.15, 0.2) is 0 Å². The number of rotatable bonds is 26. The van der Waals surface area contributed by atoms with E-state index in [9.17, 15) is 36.2 Å². The van der Waals surface area contributed by atoms with Crippen molar-refractivity contribution in [3.63, 3.8) is 0 Å². The minimum Gasteiger partial charge on any atom is -0.872 e. The zero-order valence-corrected chi connectivity index (χ0v) is 38.8. The number of hydrogen-bond acceptors (Lipinski definition) is 9. The smallest absolute Gasteiger partial charge is 0.872 e. The van der Waals surface area contributed by atoms with Crippen molar-refractivity contribution in [1.82, 2.24) is 0 Å². The van der Waals surface area contributed by atoms with Gasteiger partial charge in [-0.05, 0) is 97.5 Å². The average molecular weight is 879 g/mol. The summed E-state index contributed by atoms with van der Waals surface area (Å²) in [4.78, 5) is -0.262. The zero-order chi connectivity index (χ0) is 42.2. The Kier molecular flexibility index (Phi) is 25.4. The summed E-state index contributed by atoms with van der Waals surface area (Å²) in [6.45, 7) is 4.42. The summed E-state index contributed by atoms with van der Waals surface area (Å²) in [6, 6.07) is 21.3. The maximum absolute atomic E-state index is 11.7. The van der Waals surface area contributed by atoms with Gasteiger partial charge in [0.25, 0.3) is 10.1 Å². The third-order valence-electron chi connectivity index (χ3n) is 9.81. The Morgan fingerprint density at radius 2 is 0.898 bits per heavy atom. The van der Waals surface area contributed by atoms with Crippen LogP contribution >= 0.6 is 0 Å². The van der Waals surface area contributed by atoms with E-state index in [2.05, 4.69) is 13.8 Å². The van der Waals surface area contributed by atoms with Crippen molar-refractivity contribution >= 4 is 58.0 Å². The van der Waals surface area contributed by atoms with Crippen LogP contribution in [0.2, 0.25) is 0 Å². The van der Waals surface area contributed by atoms with Crippen molar-refractivity contribution in [3.05, 3.63) is 96.1 Å². The van der Waals surface area contributed by atoms with E-state index in [0.29, 0.717) is 47.0 Å². The second-order valence-corrected chi connectivity index (χ2v) is 17.5. The van der Waals surface area contributed by atoms with Crippen molar-refractivity contribution in [1.29, 1.82) is 0 Å². The maximum atomic E-state index is 11.7. The fourth-order valence-electron chi connectivity index (χ4n) is 6.73. The molecule has 0 bridgehead atoms. The van der Waals surface area contributed by atoms with Crippen LogP contribution in [0.25, 0.3) is 0 Å². The van der Waals surface area contributed by atoms with Gasteiger partial charge in [-0.15, -0.1) is 5.75 Å². The third kappa shape index (κ3) is 21.5. The predicted molar refractivity (Wildman–Crippen MR) is 232 cm³/mol. The van der Waals surface area contributed by atoms with E-state index >= 15 is 0 Å². The Bertz CT molecular complexity index is 1870. The van der Waals surface area contributed by atoms with Crippen molar-refractivity contribution < 1.29 is 45.6 Å². The molecule has 2 N–H and O–H groups in total. The van der Waals surface area contributed by atoms with Crippen LogP contribution in [0.3, 0.4) is 0 Å². The summed E-state index contributed by atoms with van der Waals surface area (Å²) < 4.78 is 79.1. The van der Waals surface area contributed by atoms with Crippen LogP contribution in [0.4, 0.5) is 0 Å². The topological polar surface area (TPSA) is 173 Å². The number of aromatic hydroxyl groups is 1. The maximum Gasteiger partial charge on any atom is 2.00 e. The Morgan fingerprint density at radius 3 is 1.32 bits per heavy atom. The summed E-state index contributed by atoms with van der Waals surface area (Å²) in [5.74, 6) is 1.63. The van der Waals surface area contributed by atoms with Crippen LogP contribution in [-0.2, 0) is 33.1 Å². The van der Waals surface area contributed by atoms with Crippen LogP contribution in [-0.4, -0.2) is 68.8 Å². The van der Waals surface area contributed by atoms with Crippen LogP contribution in [0.15, 0.2) is 94.7 Å². The molecule has 59 heavy (non-hydrogen) atoms. The molecule has 0 saturated heterocycles. The SMILES string of the molecule is CCCCCCCCCCCc1cc(Oc2cccc(O)c2)ccc1S(=O)(=O)O.CCCCCCCCCCCc1cc(Oc2cccc([O-])c2)ccc1S(=O)(=O)[O-].[Ca+2]. The zero-order valence-electron chi connectivity index (χ0n) is 34.9. The first-order chi connectivity index (χ1) is 27.8. The molecule has 0 unspecified atom stereocenters. The van der Waals surface area contributed by atoms with Crippen molar-refractivity contribution in [2.24, 2.45) is 0 Å². The van der Waals surface area contributed by atoms with E-state index in [1.807, 2.05) is 0 Å². The van der Waals surface area contributed by atoms with E-state index in [1.165, 1.54) is 120 Å². The summed E-state index contributed by atoms with van der Waals surface area (Å²) in [5.41, 5.74) is 1.02. The first-order valence-electron chi connectivity index (χ1n) is 20.9. The molecule has 320 valence electrons. The first-order valence-corrected chi connectivity index (χ1v) is 23.8. The van der Waals surface area contributed by atoms with Crippen LogP contribution in [0.1, 0.15) is 141 Å². The van der Waals surface area contributed by atoms with Crippen molar-refractivity contribution in [2.75, 3.05) is 0 Å². The van der Waals surface area contributed by atoms with Gasteiger partial charge in [-0.3, -0.25) is 4.55 Å². The molecule has 0 amide bonds. The van der Waals surface area contributed by atoms with Gasteiger partial charge in [0.1, 0.15) is 38.9 Å². The van der Waals surface area contributed by atoms with E-state index in [1.54, 1.807) is 42.5 Å². The number of benzene rings is 4. The second kappa shape index (κ2) is 28.6. The number of aryl methyl sites for hydroxylation is 2. The fraction of sp³-hybridized carbons (Fsp3) is 0.478. The Morgan fingerprint density at radius 1 is 0.508 bits per heavy atom. The van der Waals surface area contributed by atoms with Crippen molar-refractivity contribution in [2.45, 2.75) is 152 Å². The third-order valence-corrected chi connectivity index (χ3v) is 11.7. The van der Waals surface area contributed by atoms with Gasteiger partial charge in [-0.1, -0.05) is 135 Å². The molecule has 0 saturated carbocycles. The molecule has 0 fully saturated rings. The molecular formula is C46H62CaO10S2. The van der Waals surface area contributed by atoms with Crippen LogP contribution in [0.5, 0.6) is 34.5 Å². The number of phenolic OH excluding ortho intramolecular Hbond substituents is 1. The quantitative estimate of drug-likeness (QED) is 0.0351. The van der Waals surface area contributed by atoms with Gasteiger partial charge < -0.3 is 24.2 Å². The van der Waals surface area contributed by atoms with E-state index < -0.39 is 20.2 Å². The summed E-state index contributed by atoms with van der Waals surface area (Å²) in [7, 11) is -8.83. The Labute approximate surface area is 383 Å². The number of hydrogen-bond donors (Lipinski definition) is 2. The first kappa shape index (κ1) is 52.3. The minimum atomic E-state index is -4.55. The summed E-state index contributed by atoms with van der Waals surface area (Å²) in [5, 5.41) is 21.0. The molecule has 0 radical (unpaired) electrons. The number of unbranched alkanes of at least 4 members (excludes halogenated alkanes) is 16. The number of phenols is 1. The van der Waals surface area contributed by atoms with Gasteiger partial charge in [0.2, 0.25) is 0 Å². The standard InChI is InChI=1S/2C23H32O5S.Ca/c2*1-2-3-4-5-6-7-8-9-10-12-19-17-22(15-16-23(19)29(25,26)27)28-21-14-11-13-20(24)18-21;/h2*11,13-18,24H,2-10,12H2,1H3,(H,25,26,27);/q;;+2/p-2. The monoisotopic (exact) mass is 878 g/mol. The van der Waals surface area contributed by atoms with Gasteiger partial charge in [0, 0.05) is 6.07 Å². The Balaban J connectivity index is 0.000000400. The minimum absolute atomic E-state index is 0. The molecule has 10 nitrogen and oxygen atoms in total. The molecule has 13 heteroatoms. The Hall–Kier alpha value is -2.84. The molecule has 4 rings (SSSR count). The largest absolute Gasteiger partial charge is 2.00 e. The molecule has 0 spiro atoms. The average Bonchev–Trinajstić information content (AvgIpc) is 3.16. The second-order valence-electron chi connectivity index (χ2n) is 14.8. The van der Waals surface area contributed by atoms with Crippen LogP contribution in [0, 0.1) is 0 Å². The molecule has 0 aliphatic carbocycles. The summed E-state index contributed by atoms with van der Waals surface area (Å²) >= 11 is 0. The molecule has 4 aromatic rings. The molecular weight excluding hydrogens is 817 g/mol. The van der Waals surface area contributed by atoms with E-state index in [4.69, 9.17) is 9.47 Å². The van der Waals surface area contributed by atoms with E-state index in [0.717, 1.165) is 38.5 Å². The van der Waals surface area contributed by atoms with Gasteiger partial charge in [0.05, 0.1) is 9.79 Å². The van der Waals surface area contributed by atoms with Gasteiger partial charge in [-0.25, -0.2) is 8.42 Å². The van der Waals surface area contributed by atoms with Gasteiger partial charge >= 0.3 is 37.7 Å². The molecule has 0 aromatic heterocycles. The number of ether oxygens (including phenoxy) is 2. The van der Waals surface area contributed by atoms with E-state index in [-0.39, 0.29) is 59.0 Å². The normalized spacial score (nSPS) is 11.3. The molecule has 0 heterocycles.